The molecule has 0 aliphatic rings. The number of nitrogens with one attached hydrogen (secondary N) is 1. The molecule has 0 bridgehead atoms. The van der Waals surface area contributed by atoms with Crippen LogP contribution in [0.5, 0.6) is 5.75 Å². The van der Waals surface area contributed by atoms with E-state index in [1.54, 1.807) is 18.2 Å². The average Bonchev–Trinajstić information content (AvgIpc) is 3.03. The number of fused-ring (bicyclic) bond motifs is 1. The number of aromatic hydroxyl groups is 1. The topological polar surface area (TPSA) is 66.6 Å². The molecule has 4 aromatic rings. The third kappa shape index (κ3) is 3.57. The highest BCUT2D eigenvalue weighted by Gasteiger charge is 2.17. The van der Waals surface area contributed by atoms with Crippen LogP contribution in [-0.4, -0.2) is 20.4 Å². The fraction of sp³-hybridized carbons (Fsp3) is 0.0909. The van der Waals surface area contributed by atoms with Gasteiger partial charge in [0, 0.05) is 22.5 Å². The Labute approximate surface area is 167 Å². The maximum atomic E-state index is 12.8. The number of aryl methyl sites for hydroxylation is 1. The molecule has 140 valence electrons. The number of nitrogens with zero attached hydrogens (tertiary/aromatic N) is 2. The highest BCUT2D eigenvalue weighted by atomic mass is 35.5. The van der Waals surface area contributed by atoms with E-state index in [9.17, 15) is 9.90 Å². The molecule has 0 atom stereocenters. The largest absolute Gasteiger partial charge is 0.508 e. The van der Waals surface area contributed by atoms with Gasteiger partial charge in [-0.15, -0.1) is 0 Å². The Morgan fingerprint density at radius 1 is 1.14 bits per heavy atom. The van der Waals surface area contributed by atoms with Crippen molar-refractivity contribution in [1.29, 1.82) is 0 Å². The fourth-order valence-corrected chi connectivity index (χ4v) is 3.31. The number of hydrogen-bond donors (Lipinski definition) is 2. The quantitative estimate of drug-likeness (QED) is 0.489. The number of phenols is 1. The van der Waals surface area contributed by atoms with E-state index in [1.807, 2.05) is 60.0 Å². The first-order valence-corrected chi connectivity index (χ1v) is 9.20. The summed E-state index contributed by atoms with van der Waals surface area (Å²) in [6, 6.07) is 18.0. The molecule has 2 heterocycles. The van der Waals surface area contributed by atoms with Crippen LogP contribution in [0.3, 0.4) is 0 Å². The first-order valence-electron chi connectivity index (χ1n) is 8.82. The van der Waals surface area contributed by atoms with Gasteiger partial charge in [0.15, 0.2) is 0 Å². The van der Waals surface area contributed by atoms with Crippen LogP contribution in [0.25, 0.3) is 16.9 Å². The third-order valence-corrected chi connectivity index (χ3v) is 4.81. The zero-order chi connectivity index (χ0) is 19.7. The summed E-state index contributed by atoms with van der Waals surface area (Å²) in [4.78, 5) is 17.5. The van der Waals surface area contributed by atoms with Crippen molar-refractivity contribution in [3.8, 4) is 17.0 Å². The van der Waals surface area contributed by atoms with Crippen LogP contribution in [-0.2, 0) is 11.2 Å². The Kier molecular flexibility index (Phi) is 4.75. The molecule has 2 aromatic carbocycles. The predicted molar refractivity (Wildman–Crippen MR) is 111 cm³/mol. The van der Waals surface area contributed by atoms with E-state index in [1.165, 1.54) is 0 Å². The number of benzene rings is 2. The van der Waals surface area contributed by atoms with Crippen molar-refractivity contribution in [2.45, 2.75) is 13.3 Å². The summed E-state index contributed by atoms with van der Waals surface area (Å²) in [7, 11) is 0. The number of halogens is 1. The zero-order valence-corrected chi connectivity index (χ0v) is 15.9. The van der Waals surface area contributed by atoms with Crippen LogP contribution in [0, 0.1) is 6.92 Å². The third-order valence-electron chi connectivity index (χ3n) is 4.56. The number of aromatic nitrogens is 2. The molecule has 0 aliphatic heterocycles. The number of imidazole rings is 1. The highest BCUT2D eigenvalue weighted by Crippen LogP contribution is 2.27. The van der Waals surface area contributed by atoms with Gasteiger partial charge in [0.25, 0.3) is 0 Å². The van der Waals surface area contributed by atoms with Crippen molar-refractivity contribution in [3.63, 3.8) is 0 Å². The molecular formula is C22H18ClN3O2. The van der Waals surface area contributed by atoms with E-state index in [-0.39, 0.29) is 18.1 Å². The fourth-order valence-electron chi connectivity index (χ4n) is 3.19. The van der Waals surface area contributed by atoms with Crippen molar-refractivity contribution in [1.82, 2.24) is 9.38 Å². The summed E-state index contributed by atoms with van der Waals surface area (Å²) in [5, 5.41) is 13.1. The number of anilines is 1. The lowest BCUT2D eigenvalue weighted by Gasteiger charge is -2.10. The standard InChI is InChI=1S/C22H18ClN3O2/c1-14-12-17(27)9-10-18(14)24-21(28)13-19-22(15-5-7-16(23)8-6-15)25-20-4-2-3-11-26(19)20/h2-12,27H,13H2,1H3,(H,24,28). The lowest BCUT2D eigenvalue weighted by Crippen LogP contribution is -2.16. The lowest BCUT2D eigenvalue weighted by atomic mass is 10.1. The summed E-state index contributed by atoms with van der Waals surface area (Å²) in [6.07, 6.45) is 2.06. The normalized spacial score (nSPS) is 10.9. The number of hydrogen-bond acceptors (Lipinski definition) is 3. The van der Waals surface area contributed by atoms with E-state index in [2.05, 4.69) is 5.32 Å². The van der Waals surface area contributed by atoms with Crippen LogP contribution < -0.4 is 5.32 Å². The van der Waals surface area contributed by atoms with Crippen molar-refractivity contribution in [2.24, 2.45) is 0 Å². The molecule has 0 fully saturated rings. The number of pyridine rings is 1. The molecule has 2 aromatic heterocycles. The summed E-state index contributed by atoms with van der Waals surface area (Å²) < 4.78 is 1.92. The second-order valence-electron chi connectivity index (χ2n) is 6.57. The van der Waals surface area contributed by atoms with E-state index in [4.69, 9.17) is 16.6 Å². The first-order chi connectivity index (χ1) is 13.5. The van der Waals surface area contributed by atoms with Crippen molar-refractivity contribution < 1.29 is 9.90 Å². The van der Waals surface area contributed by atoms with Gasteiger partial charge in [0.1, 0.15) is 11.4 Å². The molecule has 1 amide bonds. The summed E-state index contributed by atoms with van der Waals surface area (Å²) >= 11 is 6.01. The smallest absolute Gasteiger partial charge is 0.230 e. The van der Waals surface area contributed by atoms with Gasteiger partial charge >= 0.3 is 0 Å². The molecule has 6 heteroatoms. The van der Waals surface area contributed by atoms with Gasteiger partial charge in [0.05, 0.1) is 17.8 Å². The van der Waals surface area contributed by atoms with Crippen molar-refractivity contribution >= 4 is 28.8 Å². The minimum atomic E-state index is -0.158. The van der Waals surface area contributed by atoms with Gasteiger partial charge < -0.3 is 14.8 Å². The number of carbonyl (C=O) groups excluding carboxylic acids is 1. The Bertz CT molecular complexity index is 1170. The SMILES string of the molecule is Cc1cc(O)ccc1NC(=O)Cc1c(-c2ccc(Cl)cc2)nc2ccccn12. The van der Waals surface area contributed by atoms with Crippen LogP contribution in [0.1, 0.15) is 11.3 Å². The number of carbonyl (C=O) groups is 1. The van der Waals surface area contributed by atoms with E-state index in [0.29, 0.717) is 10.7 Å². The van der Waals surface area contributed by atoms with Crippen LogP contribution in [0.2, 0.25) is 5.02 Å². The van der Waals surface area contributed by atoms with Gasteiger partial charge in [0.2, 0.25) is 5.91 Å². The molecular weight excluding hydrogens is 374 g/mol. The maximum absolute atomic E-state index is 12.8. The monoisotopic (exact) mass is 391 g/mol. The average molecular weight is 392 g/mol. The van der Waals surface area contributed by atoms with E-state index >= 15 is 0 Å². The van der Waals surface area contributed by atoms with E-state index < -0.39 is 0 Å². The summed E-state index contributed by atoms with van der Waals surface area (Å²) in [5.74, 6) is 0.0111. The molecule has 0 saturated carbocycles. The molecule has 4 rings (SSSR count). The Morgan fingerprint density at radius 2 is 1.93 bits per heavy atom. The Morgan fingerprint density at radius 3 is 2.68 bits per heavy atom. The molecule has 0 saturated heterocycles. The minimum absolute atomic E-state index is 0.156. The molecule has 2 N–H and O–H groups in total. The van der Waals surface area contributed by atoms with E-state index in [0.717, 1.165) is 28.2 Å². The maximum Gasteiger partial charge on any atom is 0.230 e. The number of amides is 1. The van der Waals surface area contributed by atoms with Gasteiger partial charge in [-0.25, -0.2) is 4.98 Å². The molecule has 5 nitrogen and oxygen atoms in total. The molecule has 0 spiro atoms. The number of phenolic OH excluding ortho intramolecular Hbond substituents is 1. The van der Waals surface area contributed by atoms with Gasteiger partial charge in [-0.05, 0) is 55.0 Å². The molecule has 0 radical (unpaired) electrons. The van der Waals surface area contributed by atoms with Gasteiger partial charge in [-0.1, -0.05) is 29.8 Å². The minimum Gasteiger partial charge on any atom is -0.508 e. The summed E-state index contributed by atoms with van der Waals surface area (Å²) in [6.45, 7) is 1.84. The lowest BCUT2D eigenvalue weighted by molar-refractivity contribution is -0.115. The van der Waals surface area contributed by atoms with Crippen molar-refractivity contribution in [2.75, 3.05) is 5.32 Å². The molecule has 0 unspecified atom stereocenters. The highest BCUT2D eigenvalue weighted by molar-refractivity contribution is 6.30. The molecule has 28 heavy (non-hydrogen) atoms. The van der Waals surface area contributed by atoms with Gasteiger partial charge in [-0.3, -0.25) is 4.79 Å². The van der Waals surface area contributed by atoms with Gasteiger partial charge in [-0.2, -0.15) is 0 Å². The second-order valence-corrected chi connectivity index (χ2v) is 7.00. The second kappa shape index (κ2) is 7.37. The van der Waals surface area contributed by atoms with Crippen LogP contribution >= 0.6 is 11.6 Å². The summed E-state index contributed by atoms with van der Waals surface area (Å²) in [5.41, 5.74) is 4.69. The predicted octanol–water partition coefficient (Wildman–Crippen LogP) is 4.85. The first kappa shape index (κ1) is 18.1. The van der Waals surface area contributed by atoms with Crippen LogP contribution in [0.4, 0.5) is 5.69 Å². The number of rotatable bonds is 4. The molecule has 0 aliphatic carbocycles. The van der Waals surface area contributed by atoms with Crippen LogP contribution in [0.15, 0.2) is 66.9 Å². The Hall–Kier alpha value is -3.31. The van der Waals surface area contributed by atoms with Crippen molar-refractivity contribution in [3.05, 3.63) is 83.1 Å². The Balaban J connectivity index is 1.70. The zero-order valence-electron chi connectivity index (χ0n) is 15.2.